The van der Waals surface area contributed by atoms with Gasteiger partial charge in [0.15, 0.2) is 0 Å². The molecule has 2 N–H and O–H groups in total. The molecule has 4 heteroatoms. The molecule has 15 heavy (non-hydrogen) atoms. The van der Waals surface area contributed by atoms with Crippen LogP contribution < -0.4 is 10.6 Å². The first-order chi connectivity index (χ1) is 7.15. The highest BCUT2D eigenvalue weighted by Gasteiger charge is 2.14. The van der Waals surface area contributed by atoms with Crippen LogP contribution in [0.1, 0.15) is 25.6 Å². The maximum absolute atomic E-state index is 11.6. The molecule has 1 heterocycles. The zero-order valence-corrected chi connectivity index (χ0v) is 9.32. The van der Waals surface area contributed by atoms with Crippen LogP contribution >= 0.6 is 0 Å². The summed E-state index contributed by atoms with van der Waals surface area (Å²) in [5.41, 5.74) is 0.870. The van der Waals surface area contributed by atoms with E-state index in [1.54, 1.807) is 13.2 Å². The Balaban J connectivity index is 2.56. The van der Waals surface area contributed by atoms with Gasteiger partial charge < -0.3 is 10.6 Å². The van der Waals surface area contributed by atoms with E-state index in [0.717, 1.165) is 5.69 Å². The molecule has 1 aromatic rings. The maximum Gasteiger partial charge on any atom is 0.237 e. The van der Waals surface area contributed by atoms with Crippen molar-refractivity contribution in [2.45, 2.75) is 25.9 Å². The van der Waals surface area contributed by atoms with E-state index in [1.165, 1.54) is 0 Å². The predicted octanol–water partition coefficient (Wildman–Crippen LogP) is 0.867. The van der Waals surface area contributed by atoms with Crippen molar-refractivity contribution in [2.24, 2.45) is 0 Å². The average molecular weight is 207 g/mol. The molecule has 0 bridgehead atoms. The minimum Gasteiger partial charge on any atom is -0.347 e. The number of likely N-dealkylation sites (N-methyl/N-ethyl adjacent to an activating group) is 1. The summed E-state index contributed by atoms with van der Waals surface area (Å²) in [6, 6.07) is 5.42. The van der Waals surface area contributed by atoms with Crippen molar-refractivity contribution < 1.29 is 4.79 Å². The topological polar surface area (TPSA) is 54.0 Å². The van der Waals surface area contributed by atoms with E-state index in [-0.39, 0.29) is 18.0 Å². The summed E-state index contributed by atoms with van der Waals surface area (Å²) in [5, 5.41) is 5.77. The third-order valence-corrected chi connectivity index (χ3v) is 2.32. The zero-order valence-electron chi connectivity index (χ0n) is 9.32. The Morgan fingerprint density at radius 2 is 2.13 bits per heavy atom. The summed E-state index contributed by atoms with van der Waals surface area (Å²) in [4.78, 5) is 15.7. The number of rotatable bonds is 4. The SMILES string of the molecule is CNC(C)C(=O)NC(C)c1ccccn1. The first kappa shape index (κ1) is 11.7. The van der Waals surface area contributed by atoms with Gasteiger partial charge in [0.05, 0.1) is 17.8 Å². The standard InChI is InChI=1S/C11H17N3O/c1-8(10-6-4-5-7-13-10)14-11(15)9(2)12-3/h4-9,12H,1-3H3,(H,14,15). The second kappa shape index (κ2) is 5.46. The van der Waals surface area contributed by atoms with Gasteiger partial charge in [0.1, 0.15) is 0 Å². The minimum atomic E-state index is -0.184. The number of nitrogens with zero attached hydrogens (tertiary/aromatic N) is 1. The van der Waals surface area contributed by atoms with Gasteiger partial charge >= 0.3 is 0 Å². The molecule has 0 aliphatic rings. The third-order valence-electron chi connectivity index (χ3n) is 2.32. The number of carbonyl (C=O) groups is 1. The Labute approximate surface area is 90.1 Å². The minimum absolute atomic E-state index is 0.0179. The van der Waals surface area contributed by atoms with Crippen LogP contribution in [-0.2, 0) is 4.79 Å². The molecule has 0 radical (unpaired) electrons. The molecule has 0 spiro atoms. The van der Waals surface area contributed by atoms with Gasteiger partial charge in [0.25, 0.3) is 0 Å². The molecule has 0 aliphatic heterocycles. The molecular formula is C11H17N3O. The predicted molar refractivity (Wildman–Crippen MR) is 59.3 cm³/mol. The Kier molecular flexibility index (Phi) is 4.24. The molecule has 1 aromatic heterocycles. The molecule has 2 unspecified atom stereocenters. The van der Waals surface area contributed by atoms with Crippen LogP contribution in [0.3, 0.4) is 0 Å². The number of pyridine rings is 1. The summed E-state index contributed by atoms with van der Waals surface area (Å²) >= 11 is 0. The highest BCUT2D eigenvalue weighted by atomic mass is 16.2. The molecule has 0 aromatic carbocycles. The van der Waals surface area contributed by atoms with E-state index < -0.39 is 0 Å². The van der Waals surface area contributed by atoms with Crippen LogP contribution in [-0.4, -0.2) is 24.0 Å². The fourth-order valence-corrected chi connectivity index (χ4v) is 1.18. The van der Waals surface area contributed by atoms with Gasteiger partial charge in [0, 0.05) is 6.20 Å². The van der Waals surface area contributed by atoms with E-state index in [1.807, 2.05) is 32.0 Å². The highest BCUT2D eigenvalue weighted by molar-refractivity contribution is 5.81. The number of aromatic nitrogens is 1. The lowest BCUT2D eigenvalue weighted by Crippen LogP contribution is -2.41. The molecule has 4 nitrogen and oxygen atoms in total. The molecule has 0 saturated heterocycles. The number of hydrogen-bond acceptors (Lipinski definition) is 3. The second-order valence-corrected chi connectivity index (χ2v) is 3.50. The van der Waals surface area contributed by atoms with Crippen LogP contribution in [0.15, 0.2) is 24.4 Å². The Bertz CT molecular complexity index is 313. The molecule has 1 rings (SSSR count). The van der Waals surface area contributed by atoms with Gasteiger partial charge in [-0.15, -0.1) is 0 Å². The van der Waals surface area contributed by atoms with Crippen molar-refractivity contribution in [3.63, 3.8) is 0 Å². The molecule has 0 aliphatic carbocycles. The lowest BCUT2D eigenvalue weighted by Gasteiger charge is -2.16. The van der Waals surface area contributed by atoms with Crippen LogP contribution in [0, 0.1) is 0 Å². The van der Waals surface area contributed by atoms with E-state index >= 15 is 0 Å². The number of amides is 1. The van der Waals surface area contributed by atoms with Gasteiger partial charge in [-0.2, -0.15) is 0 Å². The normalized spacial score (nSPS) is 14.3. The fraction of sp³-hybridized carbons (Fsp3) is 0.455. The van der Waals surface area contributed by atoms with E-state index in [0.29, 0.717) is 0 Å². The van der Waals surface area contributed by atoms with Gasteiger partial charge in [-0.3, -0.25) is 9.78 Å². The molecule has 0 fully saturated rings. The van der Waals surface area contributed by atoms with Crippen LogP contribution in [0.5, 0.6) is 0 Å². The number of carbonyl (C=O) groups excluding carboxylic acids is 1. The Morgan fingerprint density at radius 3 is 2.67 bits per heavy atom. The highest BCUT2D eigenvalue weighted by Crippen LogP contribution is 2.07. The smallest absolute Gasteiger partial charge is 0.237 e. The van der Waals surface area contributed by atoms with Gasteiger partial charge in [-0.1, -0.05) is 6.07 Å². The van der Waals surface area contributed by atoms with E-state index in [4.69, 9.17) is 0 Å². The monoisotopic (exact) mass is 207 g/mol. The molecule has 2 atom stereocenters. The van der Waals surface area contributed by atoms with E-state index in [2.05, 4.69) is 15.6 Å². The largest absolute Gasteiger partial charge is 0.347 e. The Morgan fingerprint density at radius 1 is 1.40 bits per heavy atom. The number of nitrogens with one attached hydrogen (secondary N) is 2. The van der Waals surface area contributed by atoms with Gasteiger partial charge in [-0.05, 0) is 33.0 Å². The second-order valence-electron chi connectivity index (χ2n) is 3.50. The quantitative estimate of drug-likeness (QED) is 0.770. The third kappa shape index (κ3) is 3.32. The zero-order chi connectivity index (χ0) is 11.3. The summed E-state index contributed by atoms with van der Waals surface area (Å²) in [6.07, 6.45) is 1.72. The number of hydrogen-bond donors (Lipinski definition) is 2. The summed E-state index contributed by atoms with van der Waals surface area (Å²) in [5.74, 6) is -0.0179. The van der Waals surface area contributed by atoms with Crippen LogP contribution in [0.25, 0.3) is 0 Å². The molecular weight excluding hydrogens is 190 g/mol. The molecule has 0 saturated carbocycles. The summed E-state index contributed by atoms with van der Waals surface area (Å²) in [7, 11) is 1.76. The van der Waals surface area contributed by atoms with Crippen molar-refractivity contribution in [3.8, 4) is 0 Å². The average Bonchev–Trinajstić information content (AvgIpc) is 2.29. The van der Waals surface area contributed by atoms with Crippen molar-refractivity contribution in [1.82, 2.24) is 15.6 Å². The lowest BCUT2D eigenvalue weighted by molar-refractivity contribution is -0.123. The summed E-state index contributed by atoms with van der Waals surface area (Å²) in [6.45, 7) is 3.74. The van der Waals surface area contributed by atoms with Crippen LogP contribution in [0.4, 0.5) is 0 Å². The van der Waals surface area contributed by atoms with Gasteiger partial charge in [-0.25, -0.2) is 0 Å². The first-order valence-electron chi connectivity index (χ1n) is 5.03. The fourth-order valence-electron chi connectivity index (χ4n) is 1.18. The van der Waals surface area contributed by atoms with Crippen molar-refractivity contribution in [1.29, 1.82) is 0 Å². The molecule has 82 valence electrons. The first-order valence-corrected chi connectivity index (χ1v) is 5.03. The van der Waals surface area contributed by atoms with Crippen molar-refractivity contribution >= 4 is 5.91 Å². The maximum atomic E-state index is 11.6. The Hall–Kier alpha value is -1.42. The van der Waals surface area contributed by atoms with E-state index in [9.17, 15) is 4.79 Å². The van der Waals surface area contributed by atoms with Gasteiger partial charge in [0.2, 0.25) is 5.91 Å². The molecule has 1 amide bonds. The lowest BCUT2D eigenvalue weighted by atomic mass is 10.2. The summed E-state index contributed by atoms with van der Waals surface area (Å²) < 4.78 is 0. The van der Waals surface area contributed by atoms with Crippen molar-refractivity contribution in [2.75, 3.05) is 7.05 Å². The van der Waals surface area contributed by atoms with Crippen molar-refractivity contribution in [3.05, 3.63) is 30.1 Å². The van der Waals surface area contributed by atoms with Crippen LogP contribution in [0.2, 0.25) is 0 Å².